The third kappa shape index (κ3) is 0.781. The van der Waals surface area contributed by atoms with Crippen molar-refractivity contribution in [1.29, 1.82) is 0 Å². The standard InChI is InChI=1S/C7H8F2O2/c8-7(9)4-1-3(6(10)11)2-5(4)7/h3-5H,1-2H2,(H,10,11)/t4-,5-/m1/s1. The Morgan fingerprint density at radius 3 is 2.18 bits per heavy atom. The van der Waals surface area contributed by atoms with Crippen LogP contribution in [0.4, 0.5) is 8.78 Å². The van der Waals surface area contributed by atoms with E-state index in [-0.39, 0.29) is 12.8 Å². The van der Waals surface area contributed by atoms with Crippen molar-refractivity contribution in [2.45, 2.75) is 18.8 Å². The van der Waals surface area contributed by atoms with Gasteiger partial charge in [0.15, 0.2) is 0 Å². The quantitative estimate of drug-likeness (QED) is 0.632. The van der Waals surface area contributed by atoms with Crippen molar-refractivity contribution in [3.05, 3.63) is 0 Å². The molecule has 2 saturated carbocycles. The molecule has 0 amide bonds. The van der Waals surface area contributed by atoms with Crippen LogP contribution < -0.4 is 0 Å². The SMILES string of the molecule is O=C(O)C1C[C@@H]2[C@@H](C1)C2(F)F. The van der Waals surface area contributed by atoms with Crippen LogP contribution in [0, 0.1) is 17.8 Å². The van der Waals surface area contributed by atoms with Crippen molar-refractivity contribution in [3.8, 4) is 0 Å². The molecule has 2 nitrogen and oxygen atoms in total. The Bertz CT molecular complexity index is 200. The van der Waals surface area contributed by atoms with Gasteiger partial charge >= 0.3 is 5.97 Å². The van der Waals surface area contributed by atoms with Gasteiger partial charge in [0, 0.05) is 11.8 Å². The minimum atomic E-state index is -2.54. The lowest BCUT2D eigenvalue weighted by Crippen LogP contribution is -2.15. The van der Waals surface area contributed by atoms with E-state index < -0.39 is 29.6 Å². The summed E-state index contributed by atoms with van der Waals surface area (Å²) < 4.78 is 25.0. The second-order valence-electron chi connectivity index (χ2n) is 3.39. The van der Waals surface area contributed by atoms with Crippen molar-refractivity contribution in [2.24, 2.45) is 17.8 Å². The first kappa shape index (κ1) is 7.00. The Balaban J connectivity index is 2.00. The highest BCUT2D eigenvalue weighted by atomic mass is 19.3. The van der Waals surface area contributed by atoms with Crippen molar-refractivity contribution >= 4 is 5.97 Å². The topological polar surface area (TPSA) is 37.3 Å². The maximum atomic E-state index is 12.5. The van der Waals surface area contributed by atoms with Gasteiger partial charge in [-0.05, 0) is 12.8 Å². The van der Waals surface area contributed by atoms with Crippen LogP contribution in [0.2, 0.25) is 0 Å². The fourth-order valence-corrected chi connectivity index (χ4v) is 2.01. The molecule has 2 aliphatic carbocycles. The summed E-state index contributed by atoms with van der Waals surface area (Å²) in [6.45, 7) is 0. The van der Waals surface area contributed by atoms with Crippen LogP contribution in [0.5, 0.6) is 0 Å². The van der Waals surface area contributed by atoms with Gasteiger partial charge in [-0.3, -0.25) is 4.79 Å². The van der Waals surface area contributed by atoms with E-state index in [0.717, 1.165) is 0 Å². The zero-order chi connectivity index (χ0) is 8.22. The summed E-state index contributed by atoms with van der Waals surface area (Å²) >= 11 is 0. The summed E-state index contributed by atoms with van der Waals surface area (Å²) in [5.74, 6) is -5.21. The number of fused-ring (bicyclic) bond motifs is 1. The molecular weight excluding hydrogens is 154 g/mol. The van der Waals surface area contributed by atoms with E-state index in [9.17, 15) is 13.6 Å². The van der Waals surface area contributed by atoms with E-state index in [0.29, 0.717) is 0 Å². The van der Waals surface area contributed by atoms with Gasteiger partial charge in [-0.15, -0.1) is 0 Å². The average Bonchev–Trinajstić information content (AvgIpc) is 2.28. The fraction of sp³-hybridized carbons (Fsp3) is 0.857. The summed E-state index contributed by atoms with van der Waals surface area (Å²) in [7, 11) is 0. The molecule has 0 saturated heterocycles. The molecule has 1 N–H and O–H groups in total. The molecule has 0 aliphatic heterocycles. The molecule has 0 aromatic rings. The van der Waals surface area contributed by atoms with Gasteiger partial charge in [0.1, 0.15) is 0 Å². The molecule has 2 fully saturated rings. The van der Waals surface area contributed by atoms with Crippen LogP contribution in [0.1, 0.15) is 12.8 Å². The van der Waals surface area contributed by atoms with Crippen LogP contribution in [0.3, 0.4) is 0 Å². The molecular formula is C7H8F2O2. The molecule has 0 radical (unpaired) electrons. The van der Waals surface area contributed by atoms with Crippen LogP contribution in [-0.4, -0.2) is 17.0 Å². The van der Waals surface area contributed by atoms with Gasteiger partial charge in [0.25, 0.3) is 5.92 Å². The molecule has 0 aromatic carbocycles. The number of carboxylic acid groups (broad SMARTS) is 1. The number of hydrogen-bond acceptors (Lipinski definition) is 1. The van der Waals surface area contributed by atoms with E-state index in [4.69, 9.17) is 5.11 Å². The lowest BCUT2D eigenvalue weighted by atomic mass is 10.0. The normalized spacial score (nSPS) is 40.2. The van der Waals surface area contributed by atoms with Crippen molar-refractivity contribution < 1.29 is 18.7 Å². The molecule has 0 heterocycles. The van der Waals surface area contributed by atoms with Crippen LogP contribution in [0.25, 0.3) is 0 Å². The molecule has 0 spiro atoms. The summed E-state index contributed by atoms with van der Waals surface area (Å²) in [6.07, 6.45) is 0.347. The Hall–Kier alpha value is -0.670. The third-order valence-electron chi connectivity index (χ3n) is 2.79. The van der Waals surface area contributed by atoms with E-state index in [1.807, 2.05) is 0 Å². The smallest absolute Gasteiger partial charge is 0.306 e. The van der Waals surface area contributed by atoms with Crippen molar-refractivity contribution in [3.63, 3.8) is 0 Å². The average molecular weight is 162 g/mol. The summed E-state index contributed by atoms with van der Waals surface area (Å²) in [5.41, 5.74) is 0. The van der Waals surface area contributed by atoms with Crippen molar-refractivity contribution in [2.75, 3.05) is 0 Å². The van der Waals surface area contributed by atoms with E-state index in [1.54, 1.807) is 0 Å². The number of carbonyl (C=O) groups is 1. The molecule has 2 aliphatic rings. The Kier molecular flexibility index (Phi) is 1.10. The molecule has 0 unspecified atom stereocenters. The number of aliphatic carboxylic acids is 1. The maximum absolute atomic E-state index is 12.5. The largest absolute Gasteiger partial charge is 0.481 e. The predicted molar refractivity (Wildman–Crippen MR) is 32.3 cm³/mol. The van der Waals surface area contributed by atoms with Crippen LogP contribution in [0.15, 0.2) is 0 Å². The van der Waals surface area contributed by atoms with Gasteiger partial charge < -0.3 is 5.11 Å². The molecule has 0 aromatic heterocycles. The monoisotopic (exact) mass is 162 g/mol. The number of halogens is 2. The van der Waals surface area contributed by atoms with Gasteiger partial charge in [-0.2, -0.15) is 0 Å². The number of rotatable bonds is 1. The van der Waals surface area contributed by atoms with Crippen LogP contribution in [-0.2, 0) is 4.79 Å². The highest BCUT2D eigenvalue weighted by Gasteiger charge is 2.72. The molecule has 4 heteroatoms. The minimum Gasteiger partial charge on any atom is -0.481 e. The molecule has 2 atom stereocenters. The Morgan fingerprint density at radius 2 is 1.82 bits per heavy atom. The van der Waals surface area contributed by atoms with Gasteiger partial charge in [-0.1, -0.05) is 0 Å². The van der Waals surface area contributed by atoms with E-state index in [2.05, 4.69) is 0 Å². The second-order valence-corrected chi connectivity index (χ2v) is 3.39. The van der Waals surface area contributed by atoms with Gasteiger partial charge in [0.05, 0.1) is 5.92 Å². The zero-order valence-electron chi connectivity index (χ0n) is 5.76. The number of carboxylic acids is 1. The molecule has 2 rings (SSSR count). The predicted octanol–water partition coefficient (Wildman–Crippen LogP) is 1.36. The lowest BCUT2D eigenvalue weighted by molar-refractivity contribution is -0.142. The minimum absolute atomic E-state index is 0.174. The van der Waals surface area contributed by atoms with E-state index >= 15 is 0 Å². The second kappa shape index (κ2) is 1.73. The van der Waals surface area contributed by atoms with Crippen LogP contribution >= 0.6 is 0 Å². The first-order chi connectivity index (χ1) is 5.03. The number of hydrogen-bond donors (Lipinski definition) is 1. The summed E-state index contributed by atoms with van der Waals surface area (Å²) in [6, 6.07) is 0. The van der Waals surface area contributed by atoms with Crippen molar-refractivity contribution in [1.82, 2.24) is 0 Å². The molecule has 11 heavy (non-hydrogen) atoms. The van der Waals surface area contributed by atoms with E-state index in [1.165, 1.54) is 0 Å². The highest BCUT2D eigenvalue weighted by Crippen LogP contribution is 2.65. The van der Waals surface area contributed by atoms with Gasteiger partial charge in [0.2, 0.25) is 0 Å². The fourth-order valence-electron chi connectivity index (χ4n) is 2.01. The molecule has 62 valence electrons. The lowest BCUT2D eigenvalue weighted by Gasteiger charge is -2.07. The summed E-state index contributed by atoms with van der Waals surface area (Å²) in [5, 5.41) is 8.48. The highest BCUT2D eigenvalue weighted by molar-refractivity contribution is 5.71. The maximum Gasteiger partial charge on any atom is 0.306 e. The first-order valence-electron chi connectivity index (χ1n) is 3.64. The first-order valence-corrected chi connectivity index (χ1v) is 3.64. The zero-order valence-corrected chi connectivity index (χ0v) is 5.76. The Labute approximate surface area is 62.2 Å². The number of alkyl halides is 2. The Morgan fingerprint density at radius 1 is 1.36 bits per heavy atom. The molecule has 0 bridgehead atoms. The third-order valence-corrected chi connectivity index (χ3v) is 2.79. The summed E-state index contributed by atoms with van der Waals surface area (Å²) in [4.78, 5) is 10.3. The van der Waals surface area contributed by atoms with Gasteiger partial charge in [-0.25, -0.2) is 8.78 Å².